The summed E-state index contributed by atoms with van der Waals surface area (Å²) in [5.41, 5.74) is 0.752. The van der Waals surface area contributed by atoms with Crippen molar-refractivity contribution >= 4 is 5.97 Å². The van der Waals surface area contributed by atoms with Crippen LogP contribution >= 0.6 is 0 Å². The Morgan fingerprint density at radius 3 is 2.40 bits per heavy atom. The fourth-order valence-electron chi connectivity index (χ4n) is 1.13. The number of rotatable bonds is 2. The molecule has 0 aromatic carbocycles. The highest BCUT2D eigenvalue weighted by Gasteiger charge is 2.09. The van der Waals surface area contributed by atoms with Crippen molar-refractivity contribution in [3.63, 3.8) is 0 Å². The minimum absolute atomic E-state index is 0.0708. The maximum atomic E-state index is 10.4. The van der Waals surface area contributed by atoms with Gasteiger partial charge >= 0.3 is 5.97 Å². The lowest BCUT2D eigenvalue weighted by atomic mass is 10.2. The van der Waals surface area contributed by atoms with Gasteiger partial charge in [-0.25, -0.2) is 0 Å². The zero-order valence-electron chi connectivity index (χ0n) is 7.61. The van der Waals surface area contributed by atoms with Crippen molar-refractivity contribution in [2.24, 2.45) is 20.7 Å². The first-order chi connectivity index (χ1) is 7.25. The smallest absolute Gasteiger partial charge is 0.323 e. The Hall–Kier alpha value is -2.31. The second-order valence-electron chi connectivity index (χ2n) is 2.86. The molecule has 2 heterocycles. The lowest BCUT2D eigenvalue weighted by Crippen LogP contribution is -2.20. The van der Waals surface area contributed by atoms with Gasteiger partial charge < -0.3 is 10.0 Å². The number of hydrogen-bond donors (Lipinski definition) is 1. The highest BCUT2D eigenvalue weighted by Crippen LogP contribution is 2.19. The topological polar surface area (TPSA) is 90.0 Å². The van der Waals surface area contributed by atoms with Crippen LogP contribution in [0.25, 0.3) is 0 Å². The minimum Gasteiger partial charge on any atom is -0.480 e. The monoisotopic (exact) mass is 205 g/mol. The average Bonchev–Trinajstić information content (AvgIpc) is 2.71. The molecule has 0 atom stereocenters. The van der Waals surface area contributed by atoms with Gasteiger partial charge in [-0.1, -0.05) is 0 Å². The summed E-state index contributed by atoms with van der Waals surface area (Å²) < 4.78 is 0. The van der Waals surface area contributed by atoms with Crippen LogP contribution in [0.15, 0.2) is 56.6 Å². The highest BCUT2D eigenvalue weighted by atomic mass is 16.4. The summed E-state index contributed by atoms with van der Waals surface area (Å²) in [4.78, 5) is 12.0. The molecular formula is C8H7N5O2. The molecule has 0 unspecified atom stereocenters. The summed E-state index contributed by atoms with van der Waals surface area (Å²) in [6, 6.07) is 0. The van der Waals surface area contributed by atoms with Crippen molar-refractivity contribution in [1.82, 2.24) is 4.90 Å². The van der Waals surface area contributed by atoms with E-state index in [4.69, 9.17) is 5.11 Å². The molecule has 0 saturated carbocycles. The third-order valence-electron chi connectivity index (χ3n) is 1.79. The SMILES string of the molecule is O=C(O)CN1C=CC(=C2N=NN=N2)C=C1. The van der Waals surface area contributed by atoms with Gasteiger partial charge in [0.25, 0.3) is 0 Å². The van der Waals surface area contributed by atoms with Crippen LogP contribution in [0.1, 0.15) is 0 Å². The van der Waals surface area contributed by atoms with Gasteiger partial charge in [0, 0.05) is 18.0 Å². The first kappa shape index (κ1) is 9.25. The van der Waals surface area contributed by atoms with E-state index in [9.17, 15) is 4.79 Å². The molecule has 15 heavy (non-hydrogen) atoms. The third kappa shape index (κ3) is 2.13. The van der Waals surface area contributed by atoms with E-state index in [1.165, 1.54) is 4.90 Å². The summed E-state index contributed by atoms with van der Waals surface area (Å²) >= 11 is 0. The van der Waals surface area contributed by atoms with Gasteiger partial charge in [-0.05, 0) is 22.6 Å². The van der Waals surface area contributed by atoms with Crippen LogP contribution in [0.3, 0.4) is 0 Å². The number of carboxylic acids is 1. The van der Waals surface area contributed by atoms with E-state index >= 15 is 0 Å². The number of carboxylic acid groups (broad SMARTS) is 1. The molecule has 0 spiro atoms. The second-order valence-corrected chi connectivity index (χ2v) is 2.86. The van der Waals surface area contributed by atoms with Crippen LogP contribution < -0.4 is 0 Å². The van der Waals surface area contributed by atoms with Crippen molar-refractivity contribution in [2.75, 3.05) is 6.54 Å². The van der Waals surface area contributed by atoms with Crippen molar-refractivity contribution in [3.05, 3.63) is 35.9 Å². The molecule has 76 valence electrons. The Balaban J connectivity index is 2.10. The van der Waals surface area contributed by atoms with Gasteiger partial charge in [0.05, 0.1) is 0 Å². The molecule has 0 bridgehead atoms. The molecule has 0 aromatic heterocycles. The molecule has 7 heteroatoms. The number of hydrogen-bond acceptors (Lipinski definition) is 6. The zero-order valence-corrected chi connectivity index (χ0v) is 7.61. The molecule has 0 amide bonds. The van der Waals surface area contributed by atoms with E-state index in [-0.39, 0.29) is 6.54 Å². The van der Waals surface area contributed by atoms with E-state index < -0.39 is 5.97 Å². The fourth-order valence-corrected chi connectivity index (χ4v) is 1.13. The third-order valence-corrected chi connectivity index (χ3v) is 1.79. The maximum Gasteiger partial charge on any atom is 0.323 e. The Labute approximate surface area is 84.8 Å². The highest BCUT2D eigenvalue weighted by molar-refractivity contribution is 5.69. The Kier molecular flexibility index (Phi) is 2.36. The summed E-state index contributed by atoms with van der Waals surface area (Å²) in [6.45, 7) is -0.0708. The Morgan fingerprint density at radius 1 is 1.27 bits per heavy atom. The maximum absolute atomic E-state index is 10.4. The Bertz CT molecular complexity index is 402. The molecule has 0 fully saturated rings. The van der Waals surface area contributed by atoms with Gasteiger partial charge in [0.2, 0.25) is 5.82 Å². The number of aliphatic carboxylic acids is 1. The molecule has 1 N–H and O–H groups in total. The standard InChI is InChI=1S/C8H7N5O2/c14-7(15)5-13-3-1-6(2-4-13)8-9-11-12-10-8/h1-4H,5H2,(H,14,15). The van der Waals surface area contributed by atoms with E-state index in [2.05, 4.69) is 20.7 Å². The summed E-state index contributed by atoms with van der Waals surface area (Å²) in [5, 5.41) is 22.6. The minimum atomic E-state index is -0.888. The molecule has 0 aromatic rings. The first-order valence-corrected chi connectivity index (χ1v) is 4.16. The van der Waals surface area contributed by atoms with E-state index in [0.717, 1.165) is 5.57 Å². The predicted molar refractivity (Wildman–Crippen MR) is 49.4 cm³/mol. The lowest BCUT2D eigenvalue weighted by Gasteiger charge is -2.15. The zero-order chi connectivity index (χ0) is 10.7. The first-order valence-electron chi connectivity index (χ1n) is 4.16. The molecule has 0 radical (unpaired) electrons. The molecule has 2 rings (SSSR count). The largest absolute Gasteiger partial charge is 0.480 e. The van der Waals surface area contributed by atoms with Crippen LogP contribution in [0, 0.1) is 0 Å². The summed E-state index contributed by atoms with van der Waals surface area (Å²) in [5.74, 6) is -0.460. The fraction of sp³-hybridized carbons (Fsp3) is 0.125. The Morgan fingerprint density at radius 2 is 1.87 bits per heavy atom. The van der Waals surface area contributed by atoms with Crippen LogP contribution in [0.4, 0.5) is 0 Å². The summed E-state index contributed by atoms with van der Waals surface area (Å²) in [6.07, 6.45) is 6.70. The van der Waals surface area contributed by atoms with E-state index in [1.807, 2.05) is 0 Å². The normalized spacial score (nSPS) is 18.0. The number of nitrogens with zero attached hydrogens (tertiary/aromatic N) is 5. The predicted octanol–water partition coefficient (Wildman–Crippen LogP) is 1.46. The van der Waals surface area contributed by atoms with Crippen LogP contribution in [-0.2, 0) is 4.79 Å². The van der Waals surface area contributed by atoms with Gasteiger partial charge in [-0.15, -0.1) is 10.2 Å². The average molecular weight is 205 g/mol. The second kappa shape index (κ2) is 3.82. The van der Waals surface area contributed by atoms with Crippen LogP contribution in [0.5, 0.6) is 0 Å². The van der Waals surface area contributed by atoms with Gasteiger partial charge in [0.1, 0.15) is 6.54 Å². The molecule has 2 aliphatic heterocycles. The molecule has 7 nitrogen and oxygen atoms in total. The van der Waals surface area contributed by atoms with Crippen LogP contribution in [0.2, 0.25) is 0 Å². The number of carbonyl (C=O) groups is 1. The number of allylic oxidation sites excluding steroid dienone is 3. The molecule has 0 saturated heterocycles. The van der Waals surface area contributed by atoms with Crippen molar-refractivity contribution in [3.8, 4) is 0 Å². The van der Waals surface area contributed by atoms with Gasteiger partial charge in [0.15, 0.2) is 0 Å². The van der Waals surface area contributed by atoms with Gasteiger partial charge in [-0.3, -0.25) is 4.79 Å². The van der Waals surface area contributed by atoms with E-state index in [0.29, 0.717) is 5.82 Å². The van der Waals surface area contributed by atoms with Crippen LogP contribution in [-0.4, -0.2) is 22.5 Å². The van der Waals surface area contributed by atoms with Crippen molar-refractivity contribution in [2.45, 2.75) is 0 Å². The van der Waals surface area contributed by atoms with Gasteiger partial charge in [-0.2, -0.15) is 0 Å². The van der Waals surface area contributed by atoms with Crippen molar-refractivity contribution in [1.29, 1.82) is 0 Å². The lowest BCUT2D eigenvalue weighted by molar-refractivity contribution is -0.137. The van der Waals surface area contributed by atoms with E-state index in [1.54, 1.807) is 24.6 Å². The molecular weight excluding hydrogens is 198 g/mol. The van der Waals surface area contributed by atoms with Crippen molar-refractivity contribution < 1.29 is 9.90 Å². The molecule has 0 aliphatic carbocycles. The summed E-state index contributed by atoms with van der Waals surface area (Å²) in [7, 11) is 0. The quantitative estimate of drug-likeness (QED) is 0.739. The molecule has 2 aliphatic rings.